The van der Waals surface area contributed by atoms with Gasteiger partial charge in [-0.05, 0) is 5.92 Å². The topological polar surface area (TPSA) is 63.6 Å². The van der Waals surface area contributed by atoms with Crippen molar-refractivity contribution in [2.24, 2.45) is 5.92 Å². The minimum absolute atomic E-state index is 0.114. The van der Waals surface area contributed by atoms with Crippen molar-refractivity contribution < 1.29 is 17.7 Å². The molecule has 0 aliphatic carbocycles. The lowest BCUT2D eigenvalue weighted by Gasteiger charge is -2.16. The van der Waals surface area contributed by atoms with Gasteiger partial charge in [-0.3, -0.25) is 4.55 Å². The summed E-state index contributed by atoms with van der Waals surface area (Å²) in [5, 5.41) is 0. The van der Waals surface area contributed by atoms with Crippen LogP contribution in [0.5, 0.6) is 0 Å². The lowest BCUT2D eigenvalue weighted by atomic mass is 10.2. The fourth-order valence-electron chi connectivity index (χ4n) is 0.785. The molecule has 0 aromatic heterocycles. The molecule has 0 saturated carbocycles. The quantitative estimate of drug-likeness (QED) is 0.525. The monoisotopic (exact) mass is 194 g/mol. The van der Waals surface area contributed by atoms with Gasteiger partial charge in [0.1, 0.15) is 0 Å². The van der Waals surface area contributed by atoms with Crippen LogP contribution in [0.4, 0.5) is 0 Å². The van der Waals surface area contributed by atoms with Crippen LogP contribution in [0.25, 0.3) is 0 Å². The Morgan fingerprint density at radius 1 is 1.58 bits per heavy atom. The largest absolute Gasteiger partial charge is 0.355 e. The minimum Gasteiger partial charge on any atom is -0.355 e. The van der Waals surface area contributed by atoms with Crippen molar-refractivity contribution >= 4 is 10.1 Å². The molecular formula is C7H14O4S. The number of hydrogen-bond donors (Lipinski definition) is 1. The van der Waals surface area contributed by atoms with E-state index in [0.717, 1.165) is 0 Å². The summed E-state index contributed by atoms with van der Waals surface area (Å²) in [7, 11) is -4.11. The average molecular weight is 194 g/mol. The molecule has 5 heteroatoms. The first-order chi connectivity index (χ1) is 5.39. The summed E-state index contributed by atoms with van der Waals surface area (Å²) in [4.78, 5) is 0. The second-order valence-corrected chi connectivity index (χ2v) is 4.24. The van der Waals surface area contributed by atoms with Crippen molar-refractivity contribution in [3.8, 4) is 0 Å². The molecule has 1 atom stereocenters. The van der Waals surface area contributed by atoms with E-state index in [1.54, 1.807) is 13.8 Å². The molecule has 12 heavy (non-hydrogen) atoms. The van der Waals surface area contributed by atoms with Crippen LogP contribution in [-0.4, -0.2) is 25.0 Å². The highest BCUT2D eigenvalue weighted by Crippen LogP contribution is 2.12. The highest BCUT2D eigenvalue weighted by atomic mass is 32.2. The van der Waals surface area contributed by atoms with Crippen molar-refractivity contribution in [2.75, 3.05) is 6.61 Å². The van der Waals surface area contributed by atoms with Gasteiger partial charge in [0.15, 0.2) is 5.44 Å². The molecule has 0 amide bonds. The van der Waals surface area contributed by atoms with E-state index in [0.29, 0.717) is 0 Å². The molecule has 0 bridgehead atoms. The maximum absolute atomic E-state index is 10.7. The molecule has 0 saturated heterocycles. The molecule has 0 heterocycles. The highest BCUT2D eigenvalue weighted by molar-refractivity contribution is 7.86. The fraction of sp³-hybridized carbons (Fsp3) is 0.714. The van der Waals surface area contributed by atoms with Gasteiger partial charge in [-0.15, -0.1) is 6.58 Å². The Labute approximate surface area is 73.0 Å². The standard InChI is InChI=1S/C7H14O4S/c1-4-5-11-7(6(2)3)12(8,9)10/h4,6-7H,1,5H2,2-3H3,(H,8,9,10). The Kier molecular flexibility index (Phi) is 4.44. The highest BCUT2D eigenvalue weighted by Gasteiger charge is 2.26. The van der Waals surface area contributed by atoms with Crippen LogP contribution in [0.3, 0.4) is 0 Å². The molecule has 0 aromatic carbocycles. The van der Waals surface area contributed by atoms with E-state index in [1.807, 2.05) is 0 Å². The summed E-state index contributed by atoms with van der Waals surface area (Å²) < 4.78 is 34.9. The van der Waals surface area contributed by atoms with Gasteiger partial charge in [0.05, 0.1) is 6.61 Å². The molecular weight excluding hydrogens is 180 g/mol. The van der Waals surface area contributed by atoms with E-state index >= 15 is 0 Å². The molecule has 0 fully saturated rings. The van der Waals surface area contributed by atoms with Crippen LogP contribution in [-0.2, 0) is 14.9 Å². The number of rotatable bonds is 5. The van der Waals surface area contributed by atoms with Gasteiger partial charge in [0, 0.05) is 0 Å². The molecule has 0 radical (unpaired) electrons. The molecule has 4 nitrogen and oxygen atoms in total. The Morgan fingerprint density at radius 3 is 2.33 bits per heavy atom. The minimum atomic E-state index is -4.11. The van der Waals surface area contributed by atoms with Gasteiger partial charge >= 0.3 is 0 Å². The SMILES string of the molecule is C=CCOC(C(C)C)S(=O)(=O)O. The first-order valence-corrected chi connectivity index (χ1v) is 5.08. The zero-order valence-electron chi connectivity index (χ0n) is 7.23. The molecule has 72 valence electrons. The summed E-state index contributed by atoms with van der Waals surface area (Å²) in [6, 6.07) is 0. The van der Waals surface area contributed by atoms with E-state index in [2.05, 4.69) is 6.58 Å². The third kappa shape index (κ3) is 3.85. The third-order valence-electron chi connectivity index (χ3n) is 1.22. The smallest absolute Gasteiger partial charge is 0.292 e. The molecule has 0 aliphatic heterocycles. The Hall–Kier alpha value is -0.390. The predicted octanol–water partition coefficient (Wildman–Crippen LogP) is 1.06. The third-order valence-corrected chi connectivity index (χ3v) is 2.48. The zero-order valence-corrected chi connectivity index (χ0v) is 8.04. The lowest BCUT2D eigenvalue weighted by Crippen LogP contribution is -2.29. The average Bonchev–Trinajstić information content (AvgIpc) is 1.84. The van der Waals surface area contributed by atoms with Gasteiger partial charge in [-0.2, -0.15) is 8.42 Å². The molecule has 1 N–H and O–H groups in total. The normalized spacial score (nSPS) is 14.7. The molecule has 0 aromatic rings. The lowest BCUT2D eigenvalue weighted by molar-refractivity contribution is 0.0915. The van der Waals surface area contributed by atoms with E-state index < -0.39 is 15.6 Å². The van der Waals surface area contributed by atoms with E-state index in [4.69, 9.17) is 9.29 Å². The van der Waals surface area contributed by atoms with Gasteiger partial charge in [0.2, 0.25) is 0 Å². The number of hydrogen-bond acceptors (Lipinski definition) is 3. The van der Waals surface area contributed by atoms with Crippen LogP contribution in [0.15, 0.2) is 12.7 Å². The number of ether oxygens (including phenoxy) is 1. The van der Waals surface area contributed by atoms with Crippen molar-refractivity contribution in [2.45, 2.75) is 19.3 Å². The summed E-state index contributed by atoms with van der Waals surface area (Å²) in [5.41, 5.74) is -1.16. The first-order valence-electron chi connectivity index (χ1n) is 3.58. The molecule has 0 aliphatic rings. The summed E-state index contributed by atoms with van der Waals surface area (Å²) in [6.07, 6.45) is 1.43. The maximum atomic E-state index is 10.7. The van der Waals surface area contributed by atoms with Gasteiger partial charge in [0.25, 0.3) is 10.1 Å². The first kappa shape index (κ1) is 11.6. The van der Waals surface area contributed by atoms with Gasteiger partial charge in [-0.1, -0.05) is 19.9 Å². The van der Waals surface area contributed by atoms with E-state index in [1.165, 1.54) is 6.08 Å². The molecule has 0 rings (SSSR count). The molecule has 1 unspecified atom stereocenters. The summed E-state index contributed by atoms with van der Waals surface area (Å²) in [6.45, 7) is 6.79. The Morgan fingerprint density at radius 2 is 2.08 bits per heavy atom. The van der Waals surface area contributed by atoms with Crippen molar-refractivity contribution in [1.29, 1.82) is 0 Å². The fourth-order valence-corrected chi connectivity index (χ4v) is 1.72. The van der Waals surface area contributed by atoms with Gasteiger partial charge < -0.3 is 4.74 Å². The summed E-state index contributed by atoms with van der Waals surface area (Å²) in [5.74, 6) is -0.278. The second-order valence-electron chi connectivity index (χ2n) is 2.75. The molecule has 0 spiro atoms. The maximum Gasteiger partial charge on any atom is 0.292 e. The van der Waals surface area contributed by atoms with Crippen molar-refractivity contribution in [3.63, 3.8) is 0 Å². The van der Waals surface area contributed by atoms with E-state index in [-0.39, 0.29) is 12.5 Å². The second kappa shape index (κ2) is 4.59. The van der Waals surface area contributed by atoms with Crippen LogP contribution in [0.1, 0.15) is 13.8 Å². The van der Waals surface area contributed by atoms with Crippen LogP contribution < -0.4 is 0 Å². The van der Waals surface area contributed by atoms with Crippen LogP contribution >= 0.6 is 0 Å². The zero-order chi connectivity index (χ0) is 9.78. The van der Waals surface area contributed by atoms with Gasteiger partial charge in [-0.25, -0.2) is 0 Å². The Bertz CT molecular complexity index is 230. The van der Waals surface area contributed by atoms with Crippen molar-refractivity contribution in [3.05, 3.63) is 12.7 Å². The Balaban J connectivity index is 4.35. The summed E-state index contributed by atoms with van der Waals surface area (Å²) >= 11 is 0. The van der Waals surface area contributed by atoms with Crippen LogP contribution in [0, 0.1) is 5.92 Å². The van der Waals surface area contributed by atoms with Crippen molar-refractivity contribution in [1.82, 2.24) is 0 Å². The van der Waals surface area contributed by atoms with Crippen LogP contribution in [0.2, 0.25) is 0 Å². The predicted molar refractivity (Wildman–Crippen MR) is 46.3 cm³/mol. The van der Waals surface area contributed by atoms with E-state index in [9.17, 15) is 8.42 Å².